The standard InChI is InChI=1S/C18H16FN3O4S/c1-2-27(24,25)15-9-3-12(4-10-15)11-16(23)20-18-22-21-17(26-18)13-5-7-14(19)8-6-13/h3-10H,2,11H2,1H3,(H,20,22,23). The summed E-state index contributed by atoms with van der Waals surface area (Å²) in [6.07, 6.45) is 0.0146. The maximum absolute atomic E-state index is 12.9. The first kappa shape index (κ1) is 18.7. The SMILES string of the molecule is CCS(=O)(=O)c1ccc(CC(=O)Nc2nnc(-c3ccc(F)cc3)o2)cc1. The highest BCUT2D eigenvalue weighted by atomic mass is 32.2. The van der Waals surface area contributed by atoms with Gasteiger partial charge in [-0.25, -0.2) is 12.8 Å². The van der Waals surface area contributed by atoms with Gasteiger partial charge in [0, 0.05) is 5.56 Å². The van der Waals surface area contributed by atoms with Crippen molar-refractivity contribution in [1.82, 2.24) is 10.2 Å². The molecule has 1 amide bonds. The molecule has 3 rings (SSSR count). The van der Waals surface area contributed by atoms with E-state index < -0.39 is 15.7 Å². The van der Waals surface area contributed by atoms with Crippen molar-refractivity contribution in [2.45, 2.75) is 18.2 Å². The van der Waals surface area contributed by atoms with Crippen molar-refractivity contribution in [3.05, 3.63) is 59.9 Å². The molecular weight excluding hydrogens is 373 g/mol. The Hall–Kier alpha value is -3.07. The van der Waals surface area contributed by atoms with Crippen LogP contribution < -0.4 is 5.32 Å². The van der Waals surface area contributed by atoms with Crippen LogP contribution >= 0.6 is 0 Å². The van der Waals surface area contributed by atoms with Crippen molar-refractivity contribution in [2.75, 3.05) is 11.1 Å². The van der Waals surface area contributed by atoms with Crippen molar-refractivity contribution < 1.29 is 22.0 Å². The molecule has 2 aromatic carbocycles. The third kappa shape index (κ3) is 4.56. The van der Waals surface area contributed by atoms with Crippen LogP contribution in [-0.4, -0.2) is 30.3 Å². The summed E-state index contributed by atoms with van der Waals surface area (Å²) in [6, 6.07) is 11.5. The maximum atomic E-state index is 12.9. The zero-order valence-electron chi connectivity index (χ0n) is 14.3. The van der Waals surface area contributed by atoms with Crippen LogP contribution in [0, 0.1) is 5.82 Å². The number of amides is 1. The summed E-state index contributed by atoms with van der Waals surface area (Å²) in [5, 5.41) is 10.0. The van der Waals surface area contributed by atoms with Crippen molar-refractivity contribution in [1.29, 1.82) is 0 Å². The molecule has 0 spiro atoms. The molecule has 1 aromatic heterocycles. The number of nitrogens with one attached hydrogen (secondary N) is 1. The number of carbonyl (C=O) groups excluding carboxylic acids is 1. The highest BCUT2D eigenvalue weighted by Gasteiger charge is 2.14. The number of carbonyl (C=O) groups is 1. The van der Waals surface area contributed by atoms with E-state index in [0.29, 0.717) is 11.1 Å². The molecule has 0 bridgehead atoms. The predicted octanol–water partition coefficient (Wildman–Crippen LogP) is 2.85. The van der Waals surface area contributed by atoms with Gasteiger partial charge in [-0.05, 0) is 42.0 Å². The number of rotatable bonds is 6. The van der Waals surface area contributed by atoms with Crippen LogP contribution in [0.1, 0.15) is 12.5 Å². The number of hydrogen-bond acceptors (Lipinski definition) is 6. The molecule has 0 saturated heterocycles. The first-order valence-electron chi connectivity index (χ1n) is 8.08. The number of halogens is 1. The van der Waals surface area contributed by atoms with E-state index in [2.05, 4.69) is 15.5 Å². The Morgan fingerprint density at radius 1 is 1.07 bits per heavy atom. The number of aromatic nitrogens is 2. The van der Waals surface area contributed by atoms with E-state index in [1.165, 1.54) is 36.4 Å². The Bertz CT molecular complexity index is 1040. The fraction of sp³-hybridized carbons (Fsp3) is 0.167. The van der Waals surface area contributed by atoms with E-state index in [1.54, 1.807) is 19.1 Å². The number of benzene rings is 2. The van der Waals surface area contributed by atoms with E-state index >= 15 is 0 Å². The number of nitrogens with zero attached hydrogens (tertiary/aromatic N) is 2. The van der Waals surface area contributed by atoms with Crippen molar-refractivity contribution >= 4 is 21.8 Å². The van der Waals surface area contributed by atoms with Crippen molar-refractivity contribution in [3.63, 3.8) is 0 Å². The summed E-state index contributed by atoms with van der Waals surface area (Å²) in [6.45, 7) is 1.57. The summed E-state index contributed by atoms with van der Waals surface area (Å²) in [4.78, 5) is 12.3. The molecule has 0 aliphatic rings. The number of sulfone groups is 1. The molecule has 0 aliphatic heterocycles. The van der Waals surface area contributed by atoms with Gasteiger partial charge in [0.15, 0.2) is 9.84 Å². The van der Waals surface area contributed by atoms with E-state index in [9.17, 15) is 17.6 Å². The largest absolute Gasteiger partial charge is 0.403 e. The Kier molecular flexibility index (Phi) is 5.31. The summed E-state index contributed by atoms with van der Waals surface area (Å²) in [5.41, 5.74) is 1.16. The molecule has 0 unspecified atom stereocenters. The minimum atomic E-state index is -3.28. The third-order valence-corrected chi connectivity index (χ3v) is 5.54. The molecule has 1 heterocycles. The van der Waals surface area contributed by atoms with Gasteiger partial charge in [-0.3, -0.25) is 10.1 Å². The highest BCUT2D eigenvalue weighted by molar-refractivity contribution is 7.91. The summed E-state index contributed by atoms with van der Waals surface area (Å²) < 4.78 is 41.9. The van der Waals surface area contributed by atoms with Crippen LogP contribution in [0.25, 0.3) is 11.5 Å². The Morgan fingerprint density at radius 3 is 2.37 bits per heavy atom. The van der Waals surface area contributed by atoms with Gasteiger partial charge in [-0.1, -0.05) is 24.2 Å². The van der Waals surface area contributed by atoms with Crippen LogP contribution in [0.3, 0.4) is 0 Å². The van der Waals surface area contributed by atoms with E-state index in [-0.39, 0.29) is 34.8 Å². The number of hydrogen-bond donors (Lipinski definition) is 1. The molecule has 9 heteroatoms. The Labute approximate surface area is 155 Å². The lowest BCUT2D eigenvalue weighted by atomic mass is 10.1. The average Bonchev–Trinajstić information content (AvgIpc) is 3.11. The van der Waals surface area contributed by atoms with E-state index in [0.717, 1.165) is 0 Å². The minimum Gasteiger partial charge on any atom is -0.403 e. The maximum Gasteiger partial charge on any atom is 0.322 e. The van der Waals surface area contributed by atoms with Gasteiger partial charge in [-0.15, -0.1) is 5.10 Å². The highest BCUT2D eigenvalue weighted by Crippen LogP contribution is 2.20. The molecule has 1 N–H and O–H groups in total. The molecule has 27 heavy (non-hydrogen) atoms. The molecule has 7 nitrogen and oxygen atoms in total. The van der Waals surface area contributed by atoms with Crippen LogP contribution in [0.5, 0.6) is 0 Å². The second-order valence-corrected chi connectivity index (χ2v) is 7.97. The second kappa shape index (κ2) is 7.67. The van der Waals surface area contributed by atoms with Crippen LogP contribution in [0.2, 0.25) is 0 Å². The molecule has 0 saturated carbocycles. The van der Waals surface area contributed by atoms with Crippen LogP contribution in [0.15, 0.2) is 57.8 Å². The van der Waals surface area contributed by atoms with Crippen molar-refractivity contribution in [2.24, 2.45) is 0 Å². The van der Waals surface area contributed by atoms with Crippen LogP contribution in [0.4, 0.5) is 10.4 Å². The first-order valence-corrected chi connectivity index (χ1v) is 9.73. The molecule has 0 radical (unpaired) electrons. The van der Waals surface area contributed by atoms with Gasteiger partial charge in [0.2, 0.25) is 11.8 Å². The zero-order chi connectivity index (χ0) is 19.4. The smallest absolute Gasteiger partial charge is 0.322 e. The summed E-state index contributed by atoms with van der Waals surface area (Å²) in [7, 11) is -3.28. The topological polar surface area (TPSA) is 102 Å². The summed E-state index contributed by atoms with van der Waals surface area (Å²) in [5.74, 6) is -0.611. The first-order chi connectivity index (χ1) is 12.9. The van der Waals surface area contributed by atoms with Crippen molar-refractivity contribution in [3.8, 4) is 11.5 Å². The lowest BCUT2D eigenvalue weighted by molar-refractivity contribution is -0.115. The second-order valence-electron chi connectivity index (χ2n) is 5.69. The number of anilines is 1. The molecule has 0 aliphatic carbocycles. The monoisotopic (exact) mass is 389 g/mol. The fourth-order valence-corrected chi connectivity index (χ4v) is 3.20. The molecule has 140 valence electrons. The van der Waals surface area contributed by atoms with Gasteiger partial charge < -0.3 is 4.42 Å². The van der Waals surface area contributed by atoms with Gasteiger partial charge in [0.1, 0.15) is 5.82 Å². The normalized spacial score (nSPS) is 11.3. The van der Waals surface area contributed by atoms with E-state index in [4.69, 9.17) is 4.42 Å². The molecular formula is C18H16FN3O4S. The van der Waals surface area contributed by atoms with Gasteiger partial charge >= 0.3 is 6.01 Å². The lowest BCUT2D eigenvalue weighted by Gasteiger charge is -2.04. The Morgan fingerprint density at radius 2 is 1.74 bits per heavy atom. The van der Waals surface area contributed by atoms with Crippen LogP contribution in [-0.2, 0) is 21.1 Å². The molecule has 0 atom stereocenters. The lowest BCUT2D eigenvalue weighted by Crippen LogP contribution is -2.14. The fourth-order valence-electron chi connectivity index (χ4n) is 2.31. The third-order valence-electron chi connectivity index (χ3n) is 3.79. The molecule has 3 aromatic rings. The van der Waals surface area contributed by atoms with Gasteiger partial charge in [-0.2, -0.15) is 0 Å². The Balaban J connectivity index is 1.64. The predicted molar refractivity (Wildman–Crippen MR) is 96.2 cm³/mol. The minimum absolute atomic E-state index is 0.0143. The average molecular weight is 389 g/mol. The quantitative estimate of drug-likeness (QED) is 0.695. The zero-order valence-corrected chi connectivity index (χ0v) is 15.2. The summed E-state index contributed by atoms with van der Waals surface area (Å²) >= 11 is 0. The molecule has 0 fully saturated rings. The van der Waals surface area contributed by atoms with Gasteiger partial charge in [0.25, 0.3) is 0 Å². The van der Waals surface area contributed by atoms with Gasteiger partial charge in [0.05, 0.1) is 17.1 Å². The van der Waals surface area contributed by atoms with E-state index in [1.807, 2.05) is 0 Å².